The lowest BCUT2D eigenvalue weighted by Crippen LogP contribution is -2.36. The van der Waals surface area contributed by atoms with Crippen molar-refractivity contribution in [3.63, 3.8) is 0 Å². The van der Waals surface area contributed by atoms with Gasteiger partial charge in [0.15, 0.2) is 0 Å². The van der Waals surface area contributed by atoms with Gasteiger partial charge in [0.1, 0.15) is 0 Å². The zero-order valence-corrected chi connectivity index (χ0v) is 10.6. The van der Waals surface area contributed by atoms with Crippen LogP contribution >= 0.6 is 0 Å². The Balaban J connectivity index is 3.47. The SMILES string of the molecule is COCCOCCOCCC(C)(CN)C(=O)O. The summed E-state index contributed by atoms with van der Waals surface area (Å²) in [4.78, 5) is 10.9. The van der Waals surface area contributed by atoms with Gasteiger partial charge in [0.05, 0.1) is 31.8 Å². The van der Waals surface area contributed by atoms with Crippen LogP contribution in [0.5, 0.6) is 0 Å². The molecule has 1 unspecified atom stereocenters. The van der Waals surface area contributed by atoms with Gasteiger partial charge in [0.25, 0.3) is 0 Å². The highest BCUT2D eigenvalue weighted by atomic mass is 16.5. The number of carboxylic acids is 1. The van der Waals surface area contributed by atoms with E-state index in [2.05, 4.69) is 0 Å². The van der Waals surface area contributed by atoms with Gasteiger partial charge >= 0.3 is 5.97 Å². The maximum Gasteiger partial charge on any atom is 0.310 e. The highest BCUT2D eigenvalue weighted by Gasteiger charge is 2.30. The third-order valence-electron chi connectivity index (χ3n) is 2.57. The Bertz CT molecular complexity index is 212. The minimum Gasteiger partial charge on any atom is -0.481 e. The average Bonchev–Trinajstić information content (AvgIpc) is 2.32. The van der Waals surface area contributed by atoms with Gasteiger partial charge in [-0.05, 0) is 13.3 Å². The summed E-state index contributed by atoms with van der Waals surface area (Å²) in [5, 5.41) is 8.96. The maximum absolute atomic E-state index is 10.9. The average molecular weight is 249 g/mol. The molecule has 1 atom stereocenters. The summed E-state index contributed by atoms with van der Waals surface area (Å²) in [5.41, 5.74) is 4.52. The molecule has 0 bridgehead atoms. The lowest BCUT2D eigenvalue weighted by atomic mass is 9.87. The van der Waals surface area contributed by atoms with Crippen molar-refractivity contribution in [2.45, 2.75) is 13.3 Å². The van der Waals surface area contributed by atoms with Crippen LogP contribution in [0.15, 0.2) is 0 Å². The molecule has 6 heteroatoms. The quantitative estimate of drug-likeness (QED) is 0.505. The van der Waals surface area contributed by atoms with Crippen LogP contribution in [0.4, 0.5) is 0 Å². The first-order chi connectivity index (χ1) is 8.06. The fraction of sp³-hybridized carbons (Fsp3) is 0.909. The predicted molar refractivity (Wildman–Crippen MR) is 62.9 cm³/mol. The highest BCUT2D eigenvalue weighted by Crippen LogP contribution is 2.19. The van der Waals surface area contributed by atoms with Crippen molar-refractivity contribution >= 4 is 5.97 Å². The molecular formula is C11H23NO5. The van der Waals surface area contributed by atoms with E-state index in [1.807, 2.05) is 0 Å². The van der Waals surface area contributed by atoms with Crippen molar-refractivity contribution in [2.75, 3.05) is 46.7 Å². The van der Waals surface area contributed by atoms with Crippen molar-refractivity contribution in [3.8, 4) is 0 Å². The van der Waals surface area contributed by atoms with Crippen molar-refractivity contribution in [1.29, 1.82) is 0 Å². The minimum atomic E-state index is -0.906. The first-order valence-corrected chi connectivity index (χ1v) is 5.64. The van der Waals surface area contributed by atoms with Gasteiger partial charge in [-0.15, -0.1) is 0 Å². The molecule has 0 heterocycles. The number of nitrogens with two attached hydrogens (primary N) is 1. The molecule has 0 aliphatic rings. The predicted octanol–water partition coefficient (Wildman–Crippen LogP) is 0.106. The summed E-state index contributed by atoms with van der Waals surface area (Å²) >= 11 is 0. The molecule has 0 saturated carbocycles. The maximum atomic E-state index is 10.9. The number of aliphatic carboxylic acids is 1. The third kappa shape index (κ3) is 7.27. The Hall–Kier alpha value is -0.690. The van der Waals surface area contributed by atoms with Crippen LogP contribution in [0, 0.1) is 5.41 Å². The third-order valence-corrected chi connectivity index (χ3v) is 2.57. The number of hydrogen-bond acceptors (Lipinski definition) is 5. The molecule has 17 heavy (non-hydrogen) atoms. The zero-order chi connectivity index (χ0) is 13.1. The minimum absolute atomic E-state index is 0.107. The molecule has 0 aromatic rings. The van der Waals surface area contributed by atoms with Crippen molar-refractivity contribution in [1.82, 2.24) is 0 Å². The Morgan fingerprint density at radius 2 is 1.71 bits per heavy atom. The van der Waals surface area contributed by atoms with Crippen LogP contribution in [-0.2, 0) is 19.0 Å². The molecule has 6 nitrogen and oxygen atoms in total. The number of carbonyl (C=O) groups is 1. The summed E-state index contributed by atoms with van der Waals surface area (Å²) in [6.45, 7) is 4.12. The fourth-order valence-corrected chi connectivity index (χ4v) is 1.06. The van der Waals surface area contributed by atoms with Crippen LogP contribution in [0.2, 0.25) is 0 Å². The van der Waals surface area contributed by atoms with Gasteiger partial charge in [-0.1, -0.05) is 0 Å². The number of carboxylic acid groups (broad SMARTS) is 1. The summed E-state index contributed by atoms with van der Waals surface area (Å²) in [6.07, 6.45) is 0.400. The van der Waals surface area contributed by atoms with E-state index < -0.39 is 11.4 Å². The van der Waals surface area contributed by atoms with E-state index in [4.69, 9.17) is 25.1 Å². The van der Waals surface area contributed by atoms with Gasteiger partial charge in [-0.3, -0.25) is 4.79 Å². The monoisotopic (exact) mass is 249 g/mol. The zero-order valence-electron chi connectivity index (χ0n) is 10.6. The molecule has 0 aliphatic carbocycles. The second kappa shape index (κ2) is 9.35. The molecule has 0 fully saturated rings. The molecule has 0 aromatic carbocycles. The lowest BCUT2D eigenvalue weighted by Gasteiger charge is -2.22. The van der Waals surface area contributed by atoms with E-state index in [9.17, 15) is 4.79 Å². The van der Waals surface area contributed by atoms with Crippen molar-refractivity contribution in [2.24, 2.45) is 11.1 Å². The van der Waals surface area contributed by atoms with Crippen LogP contribution in [0.3, 0.4) is 0 Å². The number of ether oxygens (including phenoxy) is 3. The molecule has 0 saturated heterocycles. The van der Waals surface area contributed by atoms with Crippen LogP contribution in [-0.4, -0.2) is 57.8 Å². The van der Waals surface area contributed by atoms with E-state index in [1.54, 1.807) is 14.0 Å². The second-order valence-corrected chi connectivity index (χ2v) is 4.04. The van der Waals surface area contributed by atoms with E-state index in [0.717, 1.165) is 0 Å². The Morgan fingerprint density at radius 3 is 2.18 bits per heavy atom. The molecule has 0 rings (SSSR count). The number of rotatable bonds is 11. The number of hydrogen-bond donors (Lipinski definition) is 2. The van der Waals surface area contributed by atoms with Gasteiger partial charge in [0, 0.05) is 20.3 Å². The van der Waals surface area contributed by atoms with Crippen molar-refractivity contribution < 1.29 is 24.1 Å². The van der Waals surface area contributed by atoms with Crippen LogP contribution < -0.4 is 5.73 Å². The lowest BCUT2D eigenvalue weighted by molar-refractivity contribution is -0.148. The van der Waals surface area contributed by atoms with Gasteiger partial charge in [-0.25, -0.2) is 0 Å². The van der Waals surface area contributed by atoms with Gasteiger partial charge in [0.2, 0.25) is 0 Å². The summed E-state index contributed by atoms with van der Waals surface area (Å²) < 4.78 is 15.3. The molecule has 0 amide bonds. The molecule has 0 aliphatic heterocycles. The van der Waals surface area contributed by atoms with E-state index in [-0.39, 0.29) is 6.54 Å². The molecule has 3 N–H and O–H groups in total. The van der Waals surface area contributed by atoms with E-state index in [0.29, 0.717) is 39.5 Å². The Kier molecular flexibility index (Phi) is 8.97. The summed E-state index contributed by atoms with van der Waals surface area (Å²) in [6, 6.07) is 0. The summed E-state index contributed by atoms with van der Waals surface area (Å²) in [7, 11) is 1.61. The topological polar surface area (TPSA) is 91.0 Å². The highest BCUT2D eigenvalue weighted by molar-refractivity contribution is 5.74. The molecule has 0 aromatic heterocycles. The summed E-state index contributed by atoms with van der Waals surface area (Å²) in [5.74, 6) is -0.889. The molecule has 0 spiro atoms. The molecular weight excluding hydrogens is 226 g/mol. The largest absolute Gasteiger partial charge is 0.481 e. The van der Waals surface area contributed by atoms with Gasteiger partial charge in [-0.2, -0.15) is 0 Å². The Labute approximate surface area is 102 Å². The van der Waals surface area contributed by atoms with Crippen molar-refractivity contribution in [3.05, 3.63) is 0 Å². The molecule has 102 valence electrons. The molecule has 0 radical (unpaired) electrons. The van der Waals surface area contributed by atoms with Crippen LogP contribution in [0.1, 0.15) is 13.3 Å². The number of methoxy groups -OCH3 is 1. The second-order valence-electron chi connectivity index (χ2n) is 4.04. The fourth-order valence-electron chi connectivity index (χ4n) is 1.06. The van der Waals surface area contributed by atoms with E-state index >= 15 is 0 Å². The standard InChI is InChI=1S/C11H23NO5/c1-11(9-12,10(13)14)3-4-16-7-8-17-6-5-15-2/h3-9,12H2,1-2H3,(H,13,14). The van der Waals surface area contributed by atoms with Gasteiger partial charge < -0.3 is 25.1 Å². The van der Waals surface area contributed by atoms with E-state index in [1.165, 1.54) is 0 Å². The normalized spacial score (nSPS) is 14.5. The first-order valence-electron chi connectivity index (χ1n) is 5.64. The van der Waals surface area contributed by atoms with Crippen LogP contribution in [0.25, 0.3) is 0 Å². The smallest absolute Gasteiger partial charge is 0.310 e. The Morgan fingerprint density at radius 1 is 1.18 bits per heavy atom. The first kappa shape index (κ1) is 16.3.